The number of Topliss-reactive ketones (excluding diaryl/α,β-unsaturated/α-hetero) is 1. The van der Waals surface area contributed by atoms with Crippen LogP contribution in [0.2, 0.25) is 0 Å². The molecule has 0 radical (unpaired) electrons. The summed E-state index contributed by atoms with van der Waals surface area (Å²) in [4.78, 5) is 51.5. The number of carboxylic acid groups (broad SMARTS) is 1. The summed E-state index contributed by atoms with van der Waals surface area (Å²) in [6.45, 7) is 3.85. The van der Waals surface area contributed by atoms with E-state index in [1.807, 2.05) is 37.3 Å². The Balaban J connectivity index is 2.12. The molecule has 176 valence electrons. The van der Waals surface area contributed by atoms with Gasteiger partial charge in [0.25, 0.3) is 0 Å². The number of amides is 4. The molecule has 32 heavy (non-hydrogen) atoms. The number of nitrogens with one attached hydrogen (secondary N) is 1. The molecule has 0 aromatic heterocycles. The highest BCUT2D eigenvalue weighted by Crippen LogP contribution is 2.29. The molecule has 1 aliphatic heterocycles. The SMILES string of the molecule is CCCCOC(=O)N[C@@H](Cc1ccccc1)C(=O)CN(C)C(=O)[N+]1(C(=O)O)CCC[C@H]1C. The van der Waals surface area contributed by atoms with E-state index in [-0.39, 0.29) is 32.2 Å². The number of hydrogen-bond donors (Lipinski definition) is 2. The third kappa shape index (κ3) is 6.06. The molecule has 1 aromatic rings. The molecule has 1 heterocycles. The summed E-state index contributed by atoms with van der Waals surface area (Å²) in [7, 11) is 1.42. The van der Waals surface area contributed by atoms with Crippen molar-refractivity contribution in [3.8, 4) is 0 Å². The number of likely N-dealkylation sites (N-methyl/N-ethyl adjacent to an activating group) is 1. The number of likely N-dealkylation sites (tertiary alicyclic amines) is 1. The Hall–Kier alpha value is -2.94. The third-order valence-corrected chi connectivity index (χ3v) is 5.98. The first-order valence-corrected chi connectivity index (χ1v) is 11.1. The third-order valence-electron chi connectivity index (χ3n) is 5.98. The maximum Gasteiger partial charge on any atom is 0.523 e. The van der Waals surface area contributed by atoms with E-state index in [1.54, 1.807) is 6.92 Å². The van der Waals surface area contributed by atoms with Gasteiger partial charge in [0.15, 0.2) is 5.78 Å². The van der Waals surface area contributed by atoms with Crippen LogP contribution in [0.25, 0.3) is 0 Å². The predicted octanol–water partition coefficient (Wildman–Crippen LogP) is 3.42. The molecule has 4 amide bonds. The van der Waals surface area contributed by atoms with Gasteiger partial charge in [-0.25, -0.2) is 9.59 Å². The number of unbranched alkanes of at least 4 members (excludes halogenated alkanes) is 1. The monoisotopic (exact) mass is 448 g/mol. The zero-order chi connectivity index (χ0) is 23.7. The highest BCUT2D eigenvalue weighted by atomic mass is 16.5. The average molecular weight is 449 g/mol. The molecule has 1 aliphatic rings. The van der Waals surface area contributed by atoms with E-state index < -0.39 is 34.5 Å². The highest BCUT2D eigenvalue weighted by molar-refractivity contribution is 5.91. The number of imide groups is 1. The fraction of sp³-hybridized carbons (Fsp3) is 0.565. The largest absolute Gasteiger partial charge is 0.523 e. The lowest BCUT2D eigenvalue weighted by atomic mass is 10.0. The zero-order valence-corrected chi connectivity index (χ0v) is 19.1. The smallest absolute Gasteiger partial charge is 0.450 e. The van der Waals surface area contributed by atoms with Gasteiger partial charge in [-0.15, -0.1) is 4.48 Å². The number of nitrogens with zero attached hydrogens (tertiary/aromatic N) is 2. The molecule has 1 saturated heterocycles. The van der Waals surface area contributed by atoms with Crippen LogP contribution < -0.4 is 5.32 Å². The summed E-state index contributed by atoms with van der Waals surface area (Å²) >= 11 is 0. The topological polar surface area (TPSA) is 113 Å². The van der Waals surface area contributed by atoms with Crippen LogP contribution in [0, 0.1) is 0 Å². The Morgan fingerprint density at radius 1 is 1.25 bits per heavy atom. The van der Waals surface area contributed by atoms with E-state index in [0.717, 1.165) is 23.3 Å². The van der Waals surface area contributed by atoms with Crippen LogP contribution in [0.4, 0.5) is 14.4 Å². The summed E-state index contributed by atoms with van der Waals surface area (Å²) in [5.41, 5.74) is 0.843. The Bertz CT molecular complexity index is 815. The van der Waals surface area contributed by atoms with E-state index in [1.165, 1.54) is 7.05 Å². The number of hydrogen-bond acceptors (Lipinski definition) is 5. The average Bonchev–Trinajstić information content (AvgIpc) is 3.15. The van der Waals surface area contributed by atoms with Gasteiger partial charge in [-0.2, -0.15) is 4.79 Å². The van der Waals surface area contributed by atoms with Crippen LogP contribution in [0.1, 0.15) is 45.1 Å². The summed E-state index contributed by atoms with van der Waals surface area (Å²) in [6, 6.07) is 7.31. The van der Waals surface area contributed by atoms with Crippen molar-refractivity contribution in [3.63, 3.8) is 0 Å². The quantitative estimate of drug-likeness (QED) is 0.442. The number of urea groups is 1. The second-order valence-electron chi connectivity index (χ2n) is 8.35. The van der Waals surface area contributed by atoms with Crippen molar-refractivity contribution >= 4 is 24.0 Å². The van der Waals surface area contributed by atoms with Crippen LogP contribution in [-0.4, -0.2) is 77.3 Å². The van der Waals surface area contributed by atoms with Crippen LogP contribution in [0.5, 0.6) is 0 Å². The van der Waals surface area contributed by atoms with Gasteiger partial charge in [-0.05, 0) is 25.3 Å². The molecule has 1 aromatic carbocycles. The summed E-state index contributed by atoms with van der Waals surface area (Å²) in [5.74, 6) is -0.396. The van der Waals surface area contributed by atoms with Crippen molar-refractivity contribution in [2.75, 3.05) is 26.7 Å². The molecule has 3 atom stereocenters. The van der Waals surface area contributed by atoms with Gasteiger partial charge in [0.2, 0.25) is 0 Å². The van der Waals surface area contributed by atoms with Gasteiger partial charge in [-0.1, -0.05) is 43.7 Å². The maximum atomic E-state index is 13.1. The van der Waals surface area contributed by atoms with Crippen LogP contribution in [0.15, 0.2) is 30.3 Å². The van der Waals surface area contributed by atoms with Gasteiger partial charge in [-0.3, -0.25) is 9.69 Å². The first kappa shape index (κ1) is 25.3. The first-order chi connectivity index (χ1) is 15.2. The lowest BCUT2D eigenvalue weighted by Gasteiger charge is -2.33. The van der Waals surface area contributed by atoms with Gasteiger partial charge in [0.1, 0.15) is 6.04 Å². The minimum absolute atomic E-state index is 0.198. The van der Waals surface area contributed by atoms with Crippen molar-refractivity contribution in [3.05, 3.63) is 35.9 Å². The van der Waals surface area contributed by atoms with Gasteiger partial charge >= 0.3 is 18.2 Å². The highest BCUT2D eigenvalue weighted by Gasteiger charge is 2.54. The fourth-order valence-electron chi connectivity index (χ4n) is 4.03. The predicted molar refractivity (Wildman–Crippen MR) is 118 cm³/mol. The van der Waals surface area contributed by atoms with Crippen LogP contribution >= 0.6 is 0 Å². The van der Waals surface area contributed by atoms with Crippen molar-refractivity contribution in [1.82, 2.24) is 10.2 Å². The molecule has 0 saturated carbocycles. The number of ether oxygens (including phenoxy) is 1. The Kier molecular flexibility index (Phi) is 9.19. The molecular weight excluding hydrogens is 414 g/mol. The maximum absolute atomic E-state index is 13.1. The Morgan fingerprint density at radius 3 is 2.50 bits per heavy atom. The number of rotatable bonds is 9. The van der Waals surface area contributed by atoms with Crippen molar-refractivity contribution in [2.24, 2.45) is 0 Å². The molecule has 2 N–H and O–H groups in total. The molecular formula is C23H34N3O6+. The molecule has 2 rings (SSSR count). The lowest BCUT2D eigenvalue weighted by Crippen LogP contribution is -2.63. The van der Waals surface area contributed by atoms with E-state index in [2.05, 4.69) is 5.32 Å². The standard InChI is InChI=1S/C23H33N3O6/c1-4-5-14-32-21(28)24-19(15-18-11-7-6-8-12-18)20(27)16-25(3)22(29)26(23(30)31)13-9-10-17(26)2/h6-8,11-12,17,19H,4-5,9-10,13-16H2,1-3H3,(H-,24,28,30,31)/p+1/t17-,19+,26?/m1/s1. The molecule has 9 heteroatoms. The number of quaternary nitrogens is 1. The second kappa shape index (κ2) is 11.6. The molecule has 1 fully saturated rings. The lowest BCUT2D eigenvalue weighted by molar-refractivity contribution is -0.790. The zero-order valence-electron chi connectivity index (χ0n) is 19.1. The summed E-state index contributed by atoms with van der Waals surface area (Å²) < 4.78 is 4.42. The minimum Gasteiger partial charge on any atom is -0.450 e. The second-order valence-corrected chi connectivity index (χ2v) is 8.35. The molecule has 9 nitrogen and oxygen atoms in total. The van der Waals surface area contributed by atoms with E-state index >= 15 is 0 Å². The van der Waals surface area contributed by atoms with Crippen LogP contribution in [-0.2, 0) is 16.0 Å². The molecule has 1 unspecified atom stereocenters. The van der Waals surface area contributed by atoms with E-state index in [0.29, 0.717) is 12.8 Å². The molecule has 0 bridgehead atoms. The van der Waals surface area contributed by atoms with Gasteiger partial charge in [0.05, 0.1) is 25.7 Å². The molecule has 0 aliphatic carbocycles. The minimum atomic E-state index is -1.21. The molecule has 0 spiro atoms. The van der Waals surface area contributed by atoms with Crippen molar-refractivity contribution in [2.45, 2.75) is 58.0 Å². The number of carbonyl (C=O) groups is 4. The van der Waals surface area contributed by atoms with Crippen molar-refractivity contribution < 1.29 is 33.5 Å². The first-order valence-electron chi connectivity index (χ1n) is 11.1. The van der Waals surface area contributed by atoms with Crippen LogP contribution in [0.3, 0.4) is 0 Å². The van der Waals surface area contributed by atoms with Gasteiger partial charge < -0.3 is 15.2 Å². The fourth-order valence-corrected chi connectivity index (χ4v) is 4.03. The number of benzene rings is 1. The Labute approximate surface area is 188 Å². The number of ketones is 1. The van der Waals surface area contributed by atoms with Crippen molar-refractivity contribution in [1.29, 1.82) is 0 Å². The number of carbonyl (C=O) groups excluding carboxylic acids is 3. The normalized spacial score (nSPS) is 20.9. The van der Waals surface area contributed by atoms with E-state index in [4.69, 9.17) is 4.74 Å². The summed E-state index contributed by atoms with van der Waals surface area (Å²) in [6.07, 6.45) is 1.18. The number of alkyl carbamates (subject to hydrolysis) is 1. The van der Waals surface area contributed by atoms with E-state index in [9.17, 15) is 24.3 Å². The Morgan fingerprint density at radius 2 is 1.94 bits per heavy atom. The van der Waals surface area contributed by atoms with Gasteiger partial charge in [0, 0.05) is 19.9 Å². The summed E-state index contributed by atoms with van der Waals surface area (Å²) in [5, 5.41) is 12.4.